The van der Waals surface area contributed by atoms with Crippen molar-refractivity contribution in [2.45, 2.75) is 32.2 Å². The molecule has 1 N–H and O–H groups in total. The van der Waals surface area contributed by atoms with Crippen molar-refractivity contribution in [3.8, 4) is 5.75 Å². The molecular formula is C15H21NO3. The molecule has 1 aromatic rings. The Kier molecular flexibility index (Phi) is 4.66. The van der Waals surface area contributed by atoms with Crippen molar-refractivity contribution in [1.29, 1.82) is 0 Å². The number of anilines is 1. The van der Waals surface area contributed by atoms with E-state index in [0.29, 0.717) is 11.8 Å². The highest BCUT2D eigenvalue weighted by Crippen LogP contribution is 2.28. The van der Waals surface area contributed by atoms with E-state index in [1.807, 2.05) is 24.3 Å². The second-order valence-electron chi connectivity index (χ2n) is 5.05. The van der Waals surface area contributed by atoms with Crippen LogP contribution in [0.5, 0.6) is 5.75 Å². The molecule has 2 rings (SSSR count). The Labute approximate surface area is 114 Å². The van der Waals surface area contributed by atoms with Gasteiger partial charge in [0.25, 0.3) is 0 Å². The fourth-order valence-corrected chi connectivity index (χ4v) is 2.42. The van der Waals surface area contributed by atoms with Crippen molar-refractivity contribution in [1.82, 2.24) is 0 Å². The van der Waals surface area contributed by atoms with Crippen molar-refractivity contribution in [2.24, 2.45) is 5.92 Å². The van der Waals surface area contributed by atoms with Crippen LogP contribution in [0.25, 0.3) is 0 Å². The van der Waals surface area contributed by atoms with Crippen LogP contribution in [0.15, 0.2) is 24.3 Å². The molecule has 1 aromatic carbocycles. The summed E-state index contributed by atoms with van der Waals surface area (Å²) in [5.74, 6) is 1.03. The molecule has 19 heavy (non-hydrogen) atoms. The molecule has 1 aliphatic rings. The molecule has 0 aliphatic heterocycles. The Bertz CT molecular complexity index is 416. The first kappa shape index (κ1) is 13.7. The number of benzene rings is 1. The minimum atomic E-state index is -0.373. The van der Waals surface area contributed by atoms with Crippen LogP contribution in [-0.4, -0.2) is 25.7 Å². The Morgan fingerprint density at radius 1 is 1.32 bits per heavy atom. The number of esters is 1. The Morgan fingerprint density at radius 3 is 2.63 bits per heavy atom. The standard InChI is InChI=1S/C15H21NO3/c1-11-4-3-5-14(11)16-12-6-8-13(9-7-12)19-10-15(17)18-2/h6-9,11,14,16H,3-5,10H2,1-2H3. The number of carbonyl (C=O) groups is 1. The number of methoxy groups -OCH3 is 1. The lowest BCUT2D eigenvalue weighted by molar-refractivity contribution is -0.142. The van der Waals surface area contributed by atoms with Crippen molar-refractivity contribution in [3.05, 3.63) is 24.3 Å². The van der Waals surface area contributed by atoms with Crippen LogP contribution >= 0.6 is 0 Å². The van der Waals surface area contributed by atoms with Crippen LogP contribution in [0.1, 0.15) is 26.2 Å². The van der Waals surface area contributed by atoms with Gasteiger partial charge in [-0.15, -0.1) is 0 Å². The summed E-state index contributed by atoms with van der Waals surface area (Å²) in [4.78, 5) is 11.0. The summed E-state index contributed by atoms with van der Waals surface area (Å²) in [5.41, 5.74) is 1.10. The van der Waals surface area contributed by atoms with Gasteiger partial charge in [-0.1, -0.05) is 13.3 Å². The Morgan fingerprint density at radius 2 is 2.05 bits per heavy atom. The summed E-state index contributed by atoms with van der Waals surface area (Å²) in [6.07, 6.45) is 3.85. The third-order valence-electron chi connectivity index (χ3n) is 3.65. The molecule has 0 heterocycles. The van der Waals surface area contributed by atoms with E-state index in [-0.39, 0.29) is 12.6 Å². The molecule has 2 atom stereocenters. The van der Waals surface area contributed by atoms with Gasteiger partial charge in [0.15, 0.2) is 6.61 Å². The molecular weight excluding hydrogens is 242 g/mol. The molecule has 104 valence electrons. The average molecular weight is 263 g/mol. The molecule has 1 fully saturated rings. The molecule has 0 saturated heterocycles. The van der Waals surface area contributed by atoms with Gasteiger partial charge >= 0.3 is 5.97 Å². The number of ether oxygens (including phenoxy) is 2. The van der Waals surface area contributed by atoms with Crippen LogP contribution in [0.4, 0.5) is 5.69 Å². The van der Waals surface area contributed by atoms with Gasteiger partial charge in [0.05, 0.1) is 7.11 Å². The lowest BCUT2D eigenvalue weighted by Crippen LogP contribution is -2.21. The minimum absolute atomic E-state index is 0.0526. The van der Waals surface area contributed by atoms with Gasteiger partial charge in [0.2, 0.25) is 0 Å². The van der Waals surface area contributed by atoms with Gasteiger partial charge in [0, 0.05) is 11.7 Å². The van der Waals surface area contributed by atoms with Gasteiger partial charge in [0.1, 0.15) is 5.75 Å². The monoisotopic (exact) mass is 263 g/mol. The number of carbonyl (C=O) groups excluding carboxylic acids is 1. The topological polar surface area (TPSA) is 47.6 Å². The fraction of sp³-hybridized carbons (Fsp3) is 0.533. The third kappa shape index (κ3) is 3.88. The maximum absolute atomic E-state index is 11.0. The largest absolute Gasteiger partial charge is 0.482 e. The number of rotatable bonds is 5. The van der Waals surface area contributed by atoms with Gasteiger partial charge < -0.3 is 14.8 Å². The first-order valence-electron chi connectivity index (χ1n) is 6.75. The first-order chi connectivity index (χ1) is 9.19. The molecule has 1 aliphatic carbocycles. The fourth-order valence-electron chi connectivity index (χ4n) is 2.42. The van der Waals surface area contributed by atoms with Gasteiger partial charge in [-0.05, 0) is 43.0 Å². The van der Waals surface area contributed by atoms with Crippen LogP contribution in [0.2, 0.25) is 0 Å². The van der Waals surface area contributed by atoms with E-state index in [1.165, 1.54) is 26.4 Å². The maximum atomic E-state index is 11.0. The van der Waals surface area contributed by atoms with E-state index in [0.717, 1.165) is 11.6 Å². The van der Waals surface area contributed by atoms with Gasteiger partial charge in [-0.25, -0.2) is 4.79 Å². The molecule has 4 heteroatoms. The van der Waals surface area contributed by atoms with E-state index in [9.17, 15) is 4.79 Å². The quantitative estimate of drug-likeness (QED) is 0.830. The van der Waals surface area contributed by atoms with Gasteiger partial charge in [-0.2, -0.15) is 0 Å². The summed E-state index contributed by atoms with van der Waals surface area (Å²) in [7, 11) is 1.35. The van der Waals surface area contributed by atoms with Crippen LogP contribution in [-0.2, 0) is 9.53 Å². The highest BCUT2D eigenvalue weighted by Gasteiger charge is 2.22. The zero-order chi connectivity index (χ0) is 13.7. The molecule has 0 aromatic heterocycles. The molecule has 0 bridgehead atoms. The summed E-state index contributed by atoms with van der Waals surface area (Å²) >= 11 is 0. The summed E-state index contributed by atoms with van der Waals surface area (Å²) < 4.78 is 9.82. The molecule has 4 nitrogen and oxygen atoms in total. The highest BCUT2D eigenvalue weighted by molar-refractivity contribution is 5.70. The van der Waals surface area contributed by atoms with Crippen LogP contribution < -0.4 is 10.1 Å². The molecule has 0 radical (unpaired) electrons. The predicted octanol–water partition coefficient (Wildman–Crippen LogP) is 2.84. The van der Waals surface area contributed by atoms with E-state index < -0.39 is 0 Å². The van der Waals surface area contributed by atoms with Gasteiger partial charge in [-0.3, -0.25) is 0 Å². The molecule has 1 saturated carbocycles. The average Bonchev–Trinajstić information content (AvgIpc) is 2.83. The summed E-state index contributed by atoms with van der Waals surface area (Å²) in [6, 6.07) is 8.27. The van der Waals surface area contributed by atoms with E-state index >= 15 is 0 Å². The molecule has 0 amide bonds. The Hall–Kier alpha value is -1.71. The van der Waals surface area contributed by atoms with Crippen molar-refractivity contribution in [3.63, 3.8) is 0 Å². The Balaban J connectivity index is 1.85. The van der Waals surface area contributed by atoms with E-state index in [1.54, 1.807) is 0 Å². The SMILES string of the molecule is COC(=O)COc1ccc(NC2CCCC2C)cc1. The lowest BCUT2D eigenvalue weighted by atomic mass is 10.1. The van der Waals surface area contributed by atoms with Crippen LogP contribution in [0, 0.1) is 5.92 Å². The second kappa shape index (κ2) is 6.45. The van der Waals surface area contributed by atoms with E-state index in [2.05, 4.69) is 17.0 Å². The maximum Gasteiger partial charge on any atom is 0.343 e. The van der Waals surface area contributed by atoms with Crippen molar-refractivity contribution < 1.29 is 14.3 Å². The zero-order valence-corrected chi connectivity index (χ0v) is 11.5. The minimum Gasteiger partial charge on any atom is -0.482 e. The zero-order valence-electron chi connectivity index (χ0n) is 11.5. The van der Waals surface area contributed by atoms with E-state index in [4.69, 9.17) is 4.74 Å². The summed E-state index contributed by atoms with van der Waals surface area (Å²) in [5, 5.41) is 3.55. The van der Waals surface area contributed by atoms with Crippen molar-refractivity contribution >= 4 is 11.7 Å². The first-order valence-corrected chi connectivity index (χ1v) is 6.75. The second-order valence-corrected chi connectivity index (χ2v) is 5.05. The van der Waals surface area contributed by atoms with Crippen LogP contribution in [0.3, 0.4) is 0 Å². The lowest BCUT2D eigenvalue weighted by Gasteiger charge is -2.18. The molecule has 0 spiro atoms. The molecule has 2 unspecified atom stereocenters. The number of hydrogen-bond acceptors (Lipinski definition) is 4. The highest BCUT2D eigenvalue weighted by atomic mass is 16.6. The predicted molar refractivity (Wildman–Crippen MR) is 74.4 cm³/mol. The third-order valence-corrected chi connectivity index (χ3v) is 3.65. The normalized spacial score (nSPS) is 22.0. The van der Waals surface area contributed by atoms with Crippen molar-refractivity contribution in [2.75, 3.05) is 19.0 Å². The number of nitrogens with one attached hydrogen (secondary N) is 1. The number of hydrogen-bond donors (Lipinski definition) is 1. The smallest absolute Gasteiger partial charge is 0.343 e. The summed E-state index contributed by atoms with van der Waals surface area (Å²) in [6.45, 7) is 2.24.